The van der Waals surface area contributed by atoms with E-state index in [1.54, 1.807) is 19.2 Å². The van der Waals surface area contributed by atoms with E-state index in [1.165, 1.54) is 42.1 Å². The highest BCUT2D eigenvalue weighted by Gasteiger charge is 2.23. The molecule has 152 valence electrons. The summed E-state index contributed by atoms with van der Waals surface area (Å²) in [5.74, 6) is -0.160. The van der Waals surface area contributed by atoms with Gasteiger partial charge in [0.05, 0.1) is 4.90 Å². The molecule has 1 N–H and O–H groups in total. The summed E-state index contributed by atoms with van der Waals surface area (Å²) in [7, 11) is -1.96. The van der Waals surface area contributed by atoms with Crippen LogP contribution in [0.4, 0.5) is 0 Å². The summed E-state index contributed by atoms with van der Waals surface area (Å²) in [5, 5.41) is 2.93. The van der Waals surface area contributed by atoms with Crippen LogP contribution in [0.2, 0.25) is 0 Å². The Morgan fingerprint density at radius 2 is 1.70 bits per heavy atom. The Bertz CT molecular complexity index is 694. The largest absolute Gasteiger partial charge is 0.352 e. The molecular weight excluding hydrogens is 362 g/mol. The molecule has 6 nitrogen and oxygen atoms in total. The number of hydrogen-bond acceptors (Lipinski definition) is 4. The van der Waals surface area contributed by atoms with Gasteiger partial charge in [0, 0.05) is 25.2 Å². The minimum absolute atomic E-state index is 0.123. The first kappa shape index (κ1) is 21.9. The number of nitrogens with one attached hydrogen (secondary N) is 1. The molecule has 1 fully saturated rings. The van der Waals surface area contributed by atoms with Gasteiger partial charge < -0.3 is 10.2 Å². The van der Waals surface area contributed by atoms with Gasteiger partial charge in [-0.3, -0.25) is 4.79 Å². The third-order valence-electron chi connectivity index (χ3n) is 5.16. The highest BCUT2D eigenvalue weighted by atomic mass is 32.2. The van der Waals surface area contributed by atoms with E-state index in [0.717, 1.165) is 26.1 Å². The zero-order chi connectivity index (χ0) is 19.9. The maximum atomic E-state index is 12.5. The molecule has 0 bridgehead atoms. The molecule has 0 unspecified atom stereocenters. The number of rotatable bonds is 8. The van der Waals surface area contributed by atoms with Crippen molar-refractivity contribution in [1.29, 1.82) is 0 Å². The van der Waals surface area contributed by atoms with Gasteiger partial charge in [-0.2, -0.15) is 4.31 Å². The van der Waals surface area contributed by atoms with E-state index in [0.29, 0.717) is 12.1 Å². The molecule has 7 heteroatoms. The fourth-order valence-electron chi connectivity index (χ4n) is 3.19. The molecule has 0 aliphatic carbocycles. The van der Waals surface area contributed by atoms with Crippen LogP contribution in [0.1, 0.15) is 56.3 Å². The van der Waals surface area contributed by atoms with Crippen LogP contribution in [0.5, 0.6) is 0 Å². The van der Waals surface area contributed by atoms with Crippen molar-refractivity contribution < 1.29 is 13.2 Å². The molecule has 27 heavy (non-hydrogen) atoms. The van der Waals surface area contributed by atoms with Gasteiger partial charge >= 0.3 is 0 Å². The Morgan fingerprint density at radius 3 is 2.26 bits per heavy atom. The average molecular weight is 396 g/mol. The van der Waals surface area contributed by atoms with E-state index in [1.807, 2.05) is 13.8 Å². The first-order valence-corrected chi connectivity index (χ1v) is 11.3. The van der Waals surface area contributed by atoms with Gasteiger partial charge in [-0.25, -0.2) is 8.42 Å². The number of carbonyl (C=O) groups excluding carboxylic acids is 1. The fourth-order valence-corrected chi connectivity index (χ4v) is 4.56. The number of carbonyl (C=O) groups is 1. The quantitative estimate of drug-likeness (QED) is 0.687. The smallest absolute Gasteiger partial charge is 0.251 e. The maximum Gasteiger partial charge on any atom is 0.251 e. The predicted octanol–water partition coefficient (Wildman–Crippen LogP) is 2.71. The molecule has 2 rings (SSSR count). The standard InChI is InChI=1S/C20H33N3O3S/c1-17(2)22(3)27(25,26)19-11-9-18(10-12-19)20(24)21-13-8-16-23-14-6-4-5-7-15-23/h9-12,17H,4-8,13-16H2,1-3H3,(H,21,24). The van der Waals surface area contributed by atoms with E-state index >= 15 is 0 Å². The number of sulfonamides is 1. The van der Waals surface area contributed by atoms with Crippen molar-refractivity contribution in [3.8, 4) is 0 Å². The molecular formula is C20H33N3O3S. The van der Waals surface area contributed by atoms with Gasteiger partial charge in [0.15, 0.2) is 0 Å². The van der Waals surface area contributed by atoms with E-state index in [2.05, 4.69) is 10.2 Å². The normalized spacial score (nSPS) is 16.5. The van der Waals surface area contributed by atoms with Crippen molar-refractivity contribution in [3.63, 3.8) is 0 Å². The van der Waals surface area contributed by atoms with Gasteiger partial charge in [-0.15, -0.1) is 0 Å². The monoisotopic (exact) mass is 395 g/mol. The summed E-state index contributed by atoms with van der Waals surface area (Å²) in [6.07, 6.45) is 6.12. The van der Waals surface area contributed by atoms with Crippen molar-refractivity contribution in [2.24, 2.45) is 0 Å². The Balaban J connectivity index is 1.83. The lowest BCUT2D eigenvalue weighted by atomic mass is 10.2. The minimum atomic E-state index is -3.52. The second kappa shape index (κ2) is 10.2. The third kappa shape index (κ3) is 6.30. The SMILES string of the molecule is CC(C)N(C)S(=O)(=O)c1ccc(C(=O)NCCCN2CCCCCC2)cc1. The van der Waals surface area contributed by atoms with Crippen molar-refractivity contribution in [1.82, 2.24) is 14.5 Å². The topological polar surface area (TPSA) is 69.7 Å². The van der Waals surface area contributed by atoms with Gasteiger partial charge in [0.25, 0.3) is 5.91 Å². The minimum Gasteiger partial charge on any atom is -0.352 e. The Morgan fingerprint density at radius 1 is 1.11 bits per heavy atom. The van der Waals surface area contributed by atoms with Crippen LogP contribution in [-0.4, -0.2) is 62.8 Å². The fraction of sp³-hybridized carbons (Fsp3) is 0.650. The second-order valence-corrected chi connectivity index (χ2v) is 9.50. The van der Waals surface area contributed by atoms with E-state index < -0.39 is 10.0 Å². The van der Waals surface area contributed by atoms with Crippen molar-refractivity contribution >= 4 is 15.9 Å². The van der Waals surface area contributed by atoms with Gasteiger partial charge in [-0.05, 0) is 77.0 Å². The van der Waals surface area contributed by atoms with Gasteiger partial charge in [-0.1, -0.05) is 12.8 Å². The first-order chi connectivity index (χ1) is 12.8. The zero-order valence-electron chi connectivity index (χ0n) is 16.8. The Kier molecular flexibility index (Phi) is 8.26. The lowest BCUT2D eigenvalue weighted by molar-refractivity contribution is 0.0951. The molecule has 1 aromatic rings. The summed E-state index contributed by atoms with van der Waals surface area (Å²) in [6, 6.07) is 6.03. The molecule has 0 radical (unpaired) electrons. The Hall–Kier alpha value is -1.44. The molecule has 1 amide bonds. The van der Waals surface area contributed by atoms with E-state index in [9.17, 15) is 13.2 Å². The first-order valence-electron chi connectivity index (χ1n) is 9.91. The van der Waals surface area contributed by atoms with E-state index in [-0.39, 0.29) is 16.8 Å². The van der Waals surface area contributed by atoms with Crippen LogP contribution < -0.4 is 5.32 Å². The van der Waals surface area contributed by atoms with Crippen molar-refractivity contribution in [2.75, 3.05) is 33.2 Å². The zero-order valence-corrected chi connectivity index (χ0v) is 17.6. The molecule has 0 saturated carbocycles. The number of benzene rings is 1. The predicted molar refractivity (Wildman–Crippen MR) is 108 cm³/mol. The summed E-state index contributed by atoms with van der Waals surface area (Å²) in [4.78, 5) is 15.0. The molecule has 1 heterocycles. The number of likely N-dealkylation sites (tertiary alicyclic amines) is 1. The third-order valence-corrected chi connectivity index (χ3v) is 7.20. The molecule has 0 atom stereocenters. The van der Waals surface area contributed by atoms with Crippen LogP contribution in [0.25, 0.3) is 0 Å². The van der Waals surface area contributed by atoms with Crippen LogP contribution >= 0.6 is 0 Å². The van der Waals surface area contributed by atoms with E-state index in [4.69, 9.17) is 0 Å². The summed E-state index contributed by atoms with van der Waals surface area (Å²) < 4.78 is 26.2. The molecule has 0 aromatic heterocycles. The molecule has 0 spiro atoms. The molecule has 1 aromatic carbocycles. The molecule has 1 aliphatic rings. The van der Waals surface area contributed by atoms with Crippen LogP contribution in [-0.2, 0) is 10.0 Å². The number of hydrogen-bond donors (Lipinski definition) is 1. The van der Waals surface area contributed by atoms with Crippen molar-refractivity contribution in [3.05, 3.63) is 29.8 Å². The summed E-state index contributed by atoms with van der Waals surface area (Å²) in [5.41, 5.74) is 0.482. The lowest BCUT2D eigenvalue weighted by Gasteiger charge is -2.21. The number of nitrogens with zero attached hydrogens (tertiary/aromatic N) is 2. The lowest BCUT2D eigenvalue weighted by Crippen LogP contribution is -2.33. The highest BCUT2D eigenvalue weighted by molar-refractivity contribution is 7.89. The number of amides is 1. The van der Waals surface area contributed by atoms with Crippen molar-refractivity contribution in [2.45, 2.75) is 56.9 Å². The molecule has 1 aliphatic heterocycles. The summed E-state index contributed by atoms with van der Waals surface area (Å²) >= 11 is 0. The van der Waals surface area contributed by atoms with Gasteiger partial charge in [0.2, 0.25) is 10.0 Å². The van der Waals surface area contributed by atoms with Crippen LogP contribution in [0.3, 0.4) is 0 Å². The van der Waals surface area contributed by atoms with Crippen LogP contribution in [0, 0.1) is 0 Å². The molecule has 1 saturated heterocycles. The van der Waals surface area contributed by atoms with Crippen LogP contribution in [0.15, 0.2) is 29.2 Å². The van der Waals surface area contributed by atoms with Gasteiger partial charge in [0.1, 0.15) is 0 Å². The second-order valence-electron chi connectivity index (χ2n) is 7.50. The Labute approximate surface area is 164 Å². The average Bonchev–Trinajstić information content (AvgIpc) is 2.93. The summed E-state index contributed by atoms with van der Waals surface area (Å²) in [6.45, 7) is 7.61. The highest BCUT2D eigenvalue weighted by Crippen LogP contribution is 2.17. The maximum absolute atomic E-state index is 12.5.